The van der Waals surface area contributed by atoms with Crippen LogP contribution in [0.5, 0.6) is 0 Å². The predicted octanol–water partition coefficient (Wildman–Crippen LogP) is 2.87. The van der Waals surface area contributed by atoms with Crippen molar-refractivity contribution in [2.24, 2.45) is 0 Å². The molecular weight excluding hydrogens is 196 g/mol. The molecule has 0 fully saturated rings. The molecule has 2 N–H and O–H groups in total. The fourth-order valence-electron chi connectivity index (χ4n) is 1.71. The second kappa shape index (κ2) is 4.35. The second-order valence-electron chi connectivity index (χ2n) is 4.22. The SMILES string of the molecule is Cc1ccc(Cc2cc(C)cnc2N)cc1. The molecule has 0 spiro atoms. The molecule has 1 aromatic carbocycles. The minimum absolute atomic E-state index is 0.631. The van der Waals surface area contributed by atoms with Crippen molar-refractivity contribution in [3.05, 3.63) is 58.8 Å². The molecule has 0 radical (unpaired) electrons. The van der Waals surface area contributed by atoms with E-state index in [4.69, 9.17) is 5.73 Å². The third-order valence-electron chi connectivity index (χ3n) is 2.65. The number of aromatic nitrogens is 1. The molecule has 1 heterocycles. The van der Waals surface area contributed by atoms with E-state index in [0.29, 0.717) is 5.82 Å². The van der Waals surface area contributed by atoms with E-state index >= 15 is 0 Å². The van der Waals surface area contributed by atoms with Crippen LogP contribution in [0.3, 0.4) is 0 Å². The van der Waals surface area contributed by atoms with Crippen LogP contribution in [0.15, 0.2) is 36.5 Å². The van der Waals surface area contributed by atoms with Gasteiger partial charge in [0.15, 0.2) is 0 Å². The molecule has 0 aliphatic rings. The summed E-state index contributed by atoms with van der Waals surface area (Å²) >= 11 is 0. The zero-order valence-corrected chi connectivity index (χ0v) is 9.70. The van der Waals surface area contributed by atoms with Gasteiger partial charge in [0, 0.05) is 12.6 Å². The minimum Gasteiger partial charge on any atom is -0.383 e. The van der Waals surface area contributed by atoms with Crippen LogP contribution < -0.4 is 5.73 Å². The highest BCUT2D eigenvalue weighted by atomic mass is 14.8. The fourth-order valence-corrected chi connectivity index (χ4v) is 1.71. The first-order valence-electron chi connectivity index (χ1n) is 5.41. The van der Waals surface area contributed by atoms with Crippen molar-refractivity contribution in [1.82, 2.24) is 4.98 Å². The van der Waals surface area contributed by atoms with Crippen LogP contribution in [0.25, 0.3) is 0 Å². The largest absolute Gasteiger partial charge is 0.383 e. The Hall–Kier alpha value is -1.83. The van der Waals surface area contributed by atoms with E-state index < -0.39 is 0 Å². The van der Waals surface area contributed by atoms with Gasteiger partial charge in [-0.1, -0.05) is 35.9 Å². The number of hydrogen-bond donors (Lipinski definition) is 1. The average molecular weight is 212 g/mol. The first-order chi connectivity index (χ1) is 7.65. The Labute approximate surface area is 96.1 Å². The van der Waals surface area contributed by atoms with Crippen molar-refractivity contribution >= 4 is 5.82 Å². The van der Waals surface area contributed by atoms with E-state index in [0.717, 1.165) is 17.5 Å². The van der Waals surface area contributed by atoms with Crippen LogP contribution in [0, 0.1) is 13.8 Å². The molecule has 0 saturated heterocycles. The lowest BCUT2D eigenvalue weighted by Crippen LogP contribution is -1.99. The van der Waals surface area contributed by atoms with Gasteiger partial charge in [0.2, 0.25) is 0 Å². The van der Waals surface area contributed by atoms with Crippen LogP contribution >= 0.6 is 0 Å². The third kappa shape index (κ3) is 2.40. The highest BCUT2D eigenvalue weighted by Crippen LogP contribution is 2.16. The van der Waals surface area contributed by atoms with Crippen LogP contribution in [-0.4, -0.2) is 4.98 Å². The quantitative estimate of drug-likeness (QED) is 0.831. The Morgan fingerprint density at radius 3 is 2.44 bits per heavy atom. The molecule has 0 saturated carbocycles. The number of hydrogen-bond acceptors (Lipinski definition) is 2. The molecule has 0 aliphatic heterocycles. The number of nitrogens with zero attached hydrogens (tertiary/aromatic N) is 1. The zero-order valence-electron chi connectivity index (χ0n) is 9.70. The molecule has 2 nitrogen and oxygen atoms in total. The molecule has 1 aromatic heterocycles. The van der Waals surface area contributed by atoms with Gasteiger partial charge in [-0.05, 0) is 30.5 Å². The number of pyridine rings is 1. The second-order valence-corrected chi connectivity index (χ2v) is 4.22. The lowest BCUT2D eigenvalue weighted by atomic mass is 10.0. The topological polar surface area (TPSA) is 38.9 Å². The maximum Gasteiger partial charge on any atom is 0.126 e. The summed E-state index contributed by atoms with van der Waals surface area (Å²) in [5, 5.41) is 0. The Morgan fingerprint density at radius 2 is 1.75 bits per heavy atom. The van der Waals surface area contributed by atoms with Gasteiger partial charge in [0.05, 0.1) is 0 Å². The van der Waals surface area contributed by atoms with Gasteiger partial charge in [-0.2, -0.15) is 0 Å². The molecule has 2 heteroatoms. The average Bonchev–Trinajstić information content (AvgIpc) is 2.27. The monoisotopic (exact) mass is 212 g/mol. The summed E-state index contributed by atoms with van der Waals surface area (Å²) in [7, 11) is 0. The first kappa shape index (κ1) is 10.7. The molecule has 2 aromatic rings. The normalized spacial score (nSPS) is 10.4. The van der Waals surface area contributed by atoms with Crippen molar-refractivity contribution in [2.75, 3.05) is 5.73 Å². The van der Waals surface area contributed by atoms with Crippen LogP contribution in [0.4, 0.5) is 5.82 Å². The van der Waals surface area contributed by atoms with E-state index in [-0.39, 0.29) is 0 Å². The zero-order chi connectivity index (χ0) is 11.5. The van der Waals surface area contributed by atoms with Gasteiger partial charge in [0.25, 0.3) is 0 Å². The Bertz CT molecular complexity index is 487. The number of benzene rings is 1. The van der Waals surface area contributed by atoms with Crippen LogP contribution in [0.1, 0.15) is 22.3 Å². The van der Waals surface area contributed by atoms with Crippen molar-refractivity contribution in [2.45, 2.75) is 20.3 Å². The van der Waals surface area contributed by atoms with Gasteiger partial charge in [0.1, 0.15) is 5.82 Å². The summed E-state index contributed by atoms with van der Waals surface area (Å²) in [5.41, 5.74) is 10.7. The van der Waals surface area contributed by atoms with Gasteiger partial charge < -0.3 is 5.73 Å². The molecule has 16 heavy (non-hydrogen) atoms. The predicted molar refractivity (Wildman–Crippen MR) is 67.4 cm³/mol. The number of rotatable bonds is 2. The summed E-state index contributed by atoms with van der Waals surface area (Å²) in [6, 6.07) is 10.6. The molecule has 0 atom stereocenters. The molecular formula is C14H16N2. The summed E-state index contributed by atoms with van der Waals surface area (Å²) in [6.45, 7) is 4.12. The summed E-state index contributed by atoms with van der Waals surface area (Å²) < 4.78 is 0. The van der Waals surface area contributed by atoms with Crippen molar-refractivity contribution in [3.8, 4) is 0 Å². The highest BCUT2D eigenvalue weighted by molar-refractivity contribution is 5.43. The Morgan fingerprint density at radius 1 is 1.06 bits per heavy atom. The van der Waals surface area contributed by atoms with Gasteiger partial charge in [-0.25, -0.2) is 4.98 Å². The van der Waals surface area contributed by atoms with Gasteiger partial charge >= 0.3 is 0 Å². The number of aryl methyl sites for hydroxylation is 2. The van der Waals surface area contributed by atoms with E-state index in [1.807, 2.05) is 6.92 Å². The minimum atomic E-state index is 0.631. The first-order valence-corrected chi connectivity index (χ1v) is 5.41. The molecule has 82 valence electrons. The Balaban J connectivity index is 2.26. The van der Waals surface area contributed by atoms with Crippen molar-refractivity contribution < 1.29 is 0 Å². The van der Waals surface area contributed by atoms with Crippen LogP contribution in [-0.2, 0) is 6.42 Å². The van der Waals surface area contributed by atoms with E-state index in [2.05, 4.69) is 42.2 Å². The number of nitrogens with two attached hydrogens (primary N) is 1. The van der Waals surface area contributed by atoms with Crippen molar-refractivity contribution in [3.63, 3.8) is 0 Å². The standard InChI is InChI=1S/C14H16N2/c1-10-3-5-12(6-4-10)8-13-7-11(2)9-16-14(13)15/h3-7,9H,8H2,1-2H3,(H2,15,16). The van der Waals surface area contributed by atoms with E-state index in [1.165, 1.54) is 11.1 Å². The maximum atomic E-state index is 5.86. The highest BCUT2D eigenvalue weighted by Gasteiger charge is 2.02. The molecule has 0 bridgehead atoms. The van der Waals surface area contributed by atoms with Crippen LogP contribution in [0.2, 0.25) is 0 Å². The third-order valence-corrected chi connectivity index (χ3v) is 2.65. The molecule has 2 rings (SSSR count). The Kier molecular flexibility index (Phi) is 2.91. The maximum absolute atomic E-state index is 5.86. The number of nitrogen functional groups attached to an aromatic ring is 1. The molecule has 0 amide bonds. The van der Waals surface area contributed by atoms with Gasteiger partial charge in [-0.3, -0.25) is 0 Å². The van der Waals surface area contributed by atoms with E-state index in [1.54, 1.807) is 6.20 Å². The van der Waals surface area contributed by atoms with Crippen molar-refractivity contribution in [1.29, 1.82) is 0 Å². The summed E-state index contributed by atoms with van der Waals surface area (Å²) in [4.78, 5) is 4.17. The lowest BCUT2D eigenvalue weighted by molar-refractivity contribution is 1.13. The molecule has 0 aliphatic carbocycles. The lowest BCUT2D eigenvalue weighted by Gasteiger charge is -2.06. The van der Waals surface area contributed by atoms with Gasteiger partial charge in [-0.15, -0.1) is 0 Å². The van der Waals surface area contributed by atoms with E-state index in [9.17, 15) is 0 Å². The summed E-state index contributed by atoms with van der Waals surface area (Å²) in [6.07, 6.45) is 2.65. The number of anilines is 1. The smallest absolute Gasteiger partial charge is 0.126 e. The summed E-state index contributed by atoms with van der Waals surface area (Å²) in [5.74, 6) is 0.631. The fraction of sp³-hybridized carbons (Fsp3) is 0.214. The molecule has 0 unspecified atom stereocenters.